The predicted molar refractivity (Wildman–Crippen MR) is 68.4 cm³/mol. The van der Waals surface area contributed by atoms with Crippen molar-refractivity contribution < 1.29 is 9.21 Å². The Morgan fingerprint density at radius 1 is 1.25 bits per heavy atom. The van der Waals surface area contributed by atoms with Crippen molar-refractivity contribution in [3.63, 3.8) is 0 Å². The molecule has 0 aliphatic carbocycles. The number of benzene rings is 1. The first-order valence-electron chi connectivity index (χ1n) is 4.43. The van der Waals surface area contributed by atoms with Crippen molar-refractivity contribution in [2.45, 2.75) is 0 Å². The minimum absolute atomic E-state index is 0.240. The van der Waals surface area contributed by atoms with Gasteiger partial charge in [-0.15, -0.1) is 0 Å². The lowest BCUT2D eigenvalue weighted by Crippen LogP contribution is -2.04. The normalized spacial score (nSPS) is 10.4. The van der Waals surface area contributed by atoms with Gasteiger partial charge in [-0.1, -0.05) is 12.1 Å². The highest BCUT2D eigenvalue weighted by Crippen LogP contribution is 2.31. The average Bonchev–Trinajstić information content (AvgIpc) is 2.60. The number of halogens is 2. The van der Waals surface area contributed by atoms with Gasteiger partial charge in [0.2, 0.25) is 5.78 Å². The molecule has 0 spiro atoms. The minimum atomic E-state index is -0.240. The van der Waals surface area contributed by atoms with Gasteiger partial charge >= 0.3 is 0 Å². The highest BCUT2D eigenvalue weighted by atomic mass is 79.9. The molecule has 1 aromatic heterocycles. The standard InChI is InChI=1S/C11H7Br2NO2/c12-7-5-16-11(9(7)13)10(15)6-3-1-2-4-8(6)14/h1-5H,14H2. The first-order chi connectivity index (χ1) is 7.61. The molecule has 2 aromatic rings. The lowest BCUT2D eigenvalue weighted by atomic mass is 10.1. The zero-order valence-electron chi connectivity index (χ0n) is 8.04. The second-order valence-electron chi connectivity index (χ2n) is 3.14. The van der Waals surface area contributed by atoms with E-state index in [1.807, 2.05) is 0 Å². The summed E-state index contributed by atoms with van der Waals surface area (Å²) in [5.74, 6) is 0.000417. The van der Waals surface area contributed by atoms with E-state index < -0.39 is 0 Å². The van der Waals surface area contributed by atoms with Crippen LogP contribution in [0.5, 0.6) is 0 Å². The van der Waals surface area contributed by atoms with Gasteiger partial charge in [-0.05, 0) is 44.0 Å². The summed E-state index contributed by atoms with van der Waals surface area (Å²) in [4.78, 5) is 12.1. The van der Waals surface area contributed by atoms with E-state index in [9.17, 15) is 4.79 Å². The number of nitrogens with two attached hydrogens (primary N) is 1. The van der Waals surface area contributed by atoms with Crippen molar-refractivity contribution in [1.29, 1.82) is 0 Å². The van der Waals surface area contributed by atoms with Crippen LogP contribution in [0.1, 0.15) is 16.1 Å². The molecule has 0 saturated carbocycles. The molecule has 0 atom stereocenters. The van der Waals surface area contributed by atoms with Gasteiger partial charge in [0, 0.05) is 11.3 Å². The third-order valence-corrected chi connectivity index (χ3v) is 4.00. The Balaban J connectivity index is 2.48. The fourth-order valence-corrected chi connectivity index (χ4v) is 1.94. The van der Waals surface area contributed by atoms with E-state index in [0.29, 0.717) is 20.2 Å². The topological polar surface area (TPSA) is 56.2 Å². The maximum atomic E-state index is 12.1. The number of hydrogen-bond donors (Lipinski definition) is 1. The molecule has 2 rings (SSSR count). The zero-order valence-corrected chi connectivity index (χ0v) is 11.2. The van der Waals surface area contributed by atoms with E-state index in [4.69, 9.17) is 10.2 Å². The van der Waals surface area contributed by atoms with Crippen LogP contribution >= 0.6 is 31.9 Å². The zero-order chi connectivity index (χ0) is 11.7. The molecule has 3 nitrogen and oxygen atoms in total. The Morgan fingerprint density at radius 3 is 2.50 bits per heavy atom. The van der Waals surface area contributed by atoms with E-state index in [0.717, 1.165) is 0 Å². The quantitative estimate of drug-likeness (QED) is 0.668. The number of rotatable bonds is 2. The van der Waals surface area contributed by atoms with Crippen LogP contribution in [-0.2, 0) is 0 Å². The van der Waals surface area contributed by atoms with Crippen LogP contribution in [0.25, 0.3) is 0 Å². The highest BCUT2D eigenvalue weighted by Gasteiger charge is 2.20. The molecular formula is C11H7Br2NO2. The van der Waals surface area contributed by atoms with E-state index in [2.05, 4.69) is 31.9 Å². The summed E-state index contributed by atoms with van der Waals surface area (Å²) in [7, 11) is 0. The van der Waals surface area contributed by atoms with Crippen molar-refractivity contribution >= 4 is 43.3 Å². The average molecular weight is 345 g/mol. The van der Waals surface area contributed by atoms with E-state index >= 15 is 0 Å². The number of anilines is 1. The smallest absolute Gasteiger partial charge is 0.231 e. The second kappa shape index (κ2) is 4.43. The van der Waals surface area contributed by atoms with Crippen LogP contribution in [-0.4, -0.2) is 5.78 Å². The van der Waals surface area contributed by atoms with E-state index in [-0.39, 0.29) is 11.5 Å². The lowest BCUT2D eigenvalue weighted by Gasteiger charge is -2.02. The third kappa shape index (κ3) is 1.92. The molecular weight excluding hydrogens is 338 g/mol. The molecule has 0 bridgehead atoms. The minimum Gasteiger partial charge on any atom is -0.458 e. The Morgan fingerprint density at radius 2 is 1.94 bits per heavy atom. The summed E-state index contributed by atoms with van der Waals surface area (Å²) < 4.78 is 6.46. The number of nitrogen functional groups attached to an aromatic ring is 1. The summed E-state index contributed by atoms with van der Waals surface area (Å²) >= 11 is 6.52. The number of carbonyl (C=O) groups is 1. The van der Waals surface area contributed by atoms with Gasteiger partial charge in [-0.25, -0.2) is 0 Å². The van der Waals surface area contributed by atoms with Crippen molar-refractivity contribution in [2.24, 2.45) is 0 Å². The van der Waals surface area contributed by atoms with Gasteiger partial charge in [-0.3, -0.25) is 4.79 Å². The molecule has 1 aromatic carbocycles. The molecule has 0 aliphatic rings. The first kappa shape index (κ1) is 11.4. The van der Waals surface area contributed by atoms with Crippen LogP contribution < -0.4 is 5.73 Å². The maximum absolute atomic E-state index is 12.1. The van der Waals surface area contributed by atoms with Crippen LogP contribution in [0.3, 0.4) is 0 Å². The Kier molecular flexibility index (Phi) is 3.16. The van der Waals surface area contributed by atoms with Crippen molar-refractivity contribution in [2.75, 3.05) is 5.73 Å². The molecule has 5 heteroatoms. The Hall–Kier alpha value is -1.07. The molecule has 0 radical (unpaired) electrons. The summed E-state index contributed by atoms with van der Waals surface area (Å²) in [6.07, 6.45) is 1.45. The van der Waals surface area contributed by atoms with E-state index in [1.165, 1.54) is 6.26 Å². The molecule has 82 valence electrons. The van der Waals surface area contributed by atoms with E-state index in [1.54, 1.807) is 24.3 Å². The van der Waals surface area contributed by atoms with Crippen molar-refractivity contribution in [3.05, 3.63) is 50.8 Å². The van der Waals surface area contributed by atoms with Gasteiger partial charge in [-0.2, -0.15) is 0 Å². The summed E-state index contributed by atoms with van der Waals surface area (Å²) in [5, 5.41) is 0. The number of hydrogen-bond acceptors (Lipinski definition) is 3. The van der Waals surface area contributed by atoms with Crippen LogP contribution in [0.2, 0.25) is 0 Å². The van der Waals surface area contributed by atoms with Crippen molar-refractivity contribution in [1.82, 2.24) is 0 Å². The summed E-state index contributed by atoms with van der Waals surface area (Å²) in [6.45, 7) is 0. The first-order valence-corrected chi connectivity index (χ1v) is 6.01. The number of furan rings is 1. The third-order valence-electron chi connectivity index (χ3n) is 2.10. The van der Waals surface area contributed by atoms with Crippen LogP contribution in [0, 0.1) is 0 Å². The van der Waals surface area contributed by atoms with Crippen molar-refractivity contribution in [3.8, 4) is 0 Å². The Bertz CT molecular complexity index is 549. The highest BCUT2D eigenvalue weighted by molar-refractivity contribution is 9.13. The molecule has 0 aliphatic heterocycles. The molecule has 0 fully saturated rings. The summed E-state index contributed by atoms with van der Waals surface area (Å²) in [6, 6.07) is 6.88. The summed E-state index contributed by atoms with van der Waals surface area (Å²) in [5.41, 5.74) is 6.60. The largest absolute Gasteiger partial charge is 0.458 e. The number of para-hydroxylation sites is 1. The van der Waals surface area contributed by atoms with Crippen LogP contribution in [0.4, 0.5) is 5.69 Å². The van der Waals surface area contributed by atoms with Gasteiger partial charge in [0.05, 0.1) is 8.95 Å². The Labute approximate surface area is 109 Å². The molecule has 0 unspecified atom stereocenters. The second-order valence-corrected chi connectivity index (χ2v) is 4.79. The fourth-order valence-electron chi connectivity index (χ4n) is 1.30. The molecule has 2 N–H and O–H groups in total. The van der Waals surface area contributed by atoms with Crippen LogP contribution in [0.15, 0.2) is 43.9 Å². The fraction of sp³-hybridized carbons (Fsp3) is 0. The molecule has 16 heavy (non-hydrogen) atoms. The van der Waals surface area contributed by atoms with Gasteiger partial charge in [0.25, 0.3) is 0 Å². The lowest BCUT2D eigenvalue weighted by molar-refractivity contribution is 0.101. The maximum Gasteiger partial charge on any atom is 0.231 e. The van der Waals surface area contributed by atoms with Gasteiger partial charge < -0.3 is 10.2 Å². The SMILES string of the molecule is Nc1ccccc1C(=O)c1occ(Br)c1Br. The predicted octanol–water partition coefficient (Wildman–Crippen LogP) is 3.62. The molecule has 1 heterocycles. The number of ketones is 1. The van der Waals surface area contributed by atoms with Gasteiger partial charge in [0.15, 0.2) is 5.76 Å². The monoisotopic (exact) mass is 343 g/mol. The number of carbonyl (C=O) groups excluding carboxylic acids is 1. The van der Waals surface area contributed by atoms with Gasteiger partial charge in [0.1, 0.15) is 6.26 Å². The molecule has 0 amide bonds. The molecule has 0 saturated heterocycles.